The SMILES string of the molecule is CCOc1ccccc1-n1nnnc1SCc1nc2ccccc2c(=O)n1-c1ccc(F)cc1. The minimum Gasteiger partial charge on any atom is -0.492 e. The van der Waals surface area contributed by atoms with Crippen molar-refractivity contribution in [3.63, 3.8) is 0 Å². The molecule has 0 spiro atoms. The summed E-state index contributed by atoms with van der Waals surface area (Å²) in [5, 5.41) is 13.1. The van der Waals surface area contributed by atoms with E-state index in [1.807, 2.05) is 37.3 Å². The monoisotopic (exact) mass is 474 g/mol. The van der Waals surface area contributed by atoms with Crippen LogP contribution in [0.5, 0.6) is 5.75 Å². The number of rotatable bonds is 7. The van der Waals surface area contributed by atoms with Crippen LogP contribution in [0.15, 0.2) is 82.7 Å². The predicted molar refractivity (Wildman–Crippen MR) is 127 cm³/mol. The molecule has 0 aliphatic heterocycles. The molecule has 0 bridgehead atoms. The maximum absolute atomic E-state index is 13.5. The van der Waals surface area contributed by atoms with Crippen molar-refractivity contribution in [1.29, 1.82) is 0 Å². The number of hydrogen-bond acceptors (Lipinski definition) is 7. The van der Waals surface area contributed by atoms with Gasteiger partial charge in [-0.1, -0.05) is 36.0 Å². The third kappa shape index (κ3) is 4.15. The first kappa shape index (κ1) is 21.8. The summed E-state index contributed by atoms with van der Waals surface area (Å²) in [5.41, 5.74) is 1.60. The topological polar surface area (TPSA) is 87.7 Å². The van der Waals surface area contributed by atoms with Crippen LogP contribution in [0, 0.1) is 5.82 Å². The molecule has 0 N–H and O–H groups in total. The first-order valence-electron chi connectivity index (χ1n) is 10.6. The number of tetrazole rings is 1. The molecule has 0 aliphatic carbocycles. The molecule has 2 heterocycles. The highest BCUT2D eigenvalue weighted by Crippen LogP contribution is 2.28. The lowest BCUT2D eigenvalue weighted by Crippen LogP contribution is -2.23. The largest absolute Gasteiger partial charge is 0.492 e. The van der Waals surface area contributed by atoms with Gasteiger partial charge in [-0.3, -0.25) is 9.36 Å². The number of halogens is 1. The number of hydrogen-bond donors (Lipinski definition) is 0. The average molecular weight is 475 g/mol. The minimum atomic E-state index is -0.381. The van der Waals surface area contributed by atoms with Gasteiger partial charge in [0.15, 0.2) is 0 Å². The van der Waals surface area contributed by atoms with Crippen LogP contribution < -0.4 is 10.3 Å². The van der Waals surface area contributed by atoms with Crippen molar-refractivity contribution in [3.05, 3.63) is 94.8 Å². The summed E-state index contributed by atoms with van der Waals surface area (Å²) in [4.78, 5) is 18.1. The Kier molecular flexibility index (Phi) is 6.05. The number of fused-ring (bicyclic) bond motifs is 1. The Hall–Kier alpha value is -4.05. The molecule has 3 aromatic carbocycles. The summed E-state index contributed by atoms with van der Waals surface area (Å²) >= 11 is 1.33. The van der Waals surface area contributed by atoms with Crippen molar-refractivity contribution in [1.82, 2.24) is 29.8 Å². The van der Waals surface area contributed by atoms with Gasteiger partial charge in [-0.05, 0) is 65.9 Å². The van der Waals surface area contributed by atoms with Crippen LogP contribution in [-0.4, -0.2) is 36.4 Å². The number of ether oxygens (including phenoxy) is 1. The zero-order valence-electron chi connectivity index (χ0n) is 18.1. The minimum absolute atomic E-state index is 0.228. The van der Waals surface area contributed by atoms with Crippen molar-refractivity contribution in [2.75, 3.05) is 6.61 Å². The highest BCUT2D eigenvalue weighted by Gasteiger charge is 2.17. The van der Waals surface area contributed by atoms with Gasteiger partial charge in [-0.2, -0.15) is 4.68 Å². The molecule has 0 amide bonds. The van der Waals surface area contributed by atoms with Crippen LogP contribution in [0.25, 0.3) is 22.3 Å². The number of thioether (sulfide) groups is 1. The van der Waals surface area contributed by atoms with E-state index in [0.717, 1.165) is 0 Å². The Morgan fingerprint density at radius 1 is 1.00 bits per heavy atom. The number of para-hydroxylation sites is 3. The maximum atomic E-state index is 13.5. The van der Waals surface area contributed by atoms with Gasteiger partial charge in [0.25, 0.3) is 5.56 Å². The number of aromatic nitrogens is 6. The van der Waals surface area contributed by atoms with Gasteiger partial charge < -0.3 is 4.74 Å². The second kappa shape index (κ2) is 9.44. The van der Waals surface area contributed by atoms with Crippen molar-refractivity contribution >= 4 is 22.7 Å². The normalized spacial score (nSPS) is 11.1. The molecule has 2 aromatic heterocycles. The molecule has 34 heavy (non-hydrogen) atoms. The molecule has 0 atom stereocenters. The van der Waals surface area contributed by atoms with Crippen LogP contribution in [0.3, 0.4) is 0 Å². The molecule has 8 nitrogen and oxygen atoms in total. The highest BCUT2D eigenvalue weighted by molar-refractivity contribution is 7.98. The van der Waals surface area contributed by atoms with E-state index in [4.69, 9.17) is 9.72 Å². The molecule has 5 rings (SSSR count). The zero-order chi connectivity index (χ0) is 23.5. The second-order valence-electron chi connectivity index (χ2n) is 7.22. The summed E-state index contributed by atoms with van der Waals surface area (Å²) < 4.78 is 22.3. The lowest BCUT2D eigenvalue weighted by molar-refractivity contribution is 0.337. The second-order valence-corrected chi connectivity index (χ2v) is 8.17. The first-order chi connectivity index (χ1) is 16.7. The Labute approximate surface area is 198 Å². The van der Waals surface area contributed by atoms with E-state index in [0.29, 0.717) is 51.4 Å². The summed E-state index contributed by atoms with van der Waals surface area (Å²) in [6, 6.07) is 20.4. The van der Waals surface area contributed by atoms with Gasteiger partial charge >= 0.3 is 0 Å². The molecule has 0 saturated heterocycles. The third-order valence-electron chi connectivity index (χ3n) is 5.09. The molecule has 0 saturated carbocycles. The smallest absolute Gasteiger partial charge is 0.265 e. The van der Waals surface area contributed by atoms with E-state index in [1.54, 1.807) is 35.0 Å². The van der Waals surface area contributed by atoms with Gasteiger partial charge in [0.05, 0.1) is 29.0 Å². The van der Waals surface area contributed by atoms with Crippen molar-refractivity contribution in [3.8, 4) is 17.1 Å². The standard InChI is InChI=1S/C24H19FN6O2S/c1-2-33-21-10-6-5-9-20(21)31-24(27-28-29-31)34-15-22-26-19-8-4-3-7-18(19)23(32)30(22)17-13-11-16(25)12-14-17/h3-14H,2,15H2,1H3. The van der Waals surface area contributed by atoms with Crippen LogP contribution in [0.4, 0.5) is 4.39 Å². The fourth-order valence-electron chi connectivity index (χ4n) is 3.59. The summed E-state index contributed by atoms with van der Waals surface area (Å²) in [6.07, 6.45) is 0. The van der Waals surface area contributed by atoms with Crippen LogP contribution in [0.2, 0.25) is 0 Å². The van der Waals surface area contributed by atoms with Crippen molar-refractivity contribution in [2.45, 2.75) is 17.8 Å². The molecule has 0 aliphatic rings. The van der Waals surface area contributed by atoms with E-state index in [1.165, 1.54) is 28.5 Å². The Bertz CT molecular complexity index is 1520. The van der Waals surface area contributed by atoms with Gasteiger partial charge in [0.2, 0.25) is 5.16 Å². The predicted octanol–water partition coefficient (Wildman–Crippen LogP) is 4.19. The van der Waals surface area contributed by atoms with Gasteiger partial charge in [-0.25, -0.2) is 9.37 Å². The molecule has 10 heteroatoms. The number of nitrogens with zero attached hydrogens (tertiary/aromatic N) is 6. The van der Waals surface area contributed by atoms with Crippen molar-refractivity contribution in [2.24, 2.45) is 0 Å². The van der Waals surface area contributed by atoms with E-state index in [-0.39, 0.29) is 11.4 Å². The molecule has 5 aromatic rings. The summed E-state index contributed by atoms with van der Waals surface area (Å²) in [7, 11) is 0. The molecule has 0 unspecified atom stereocenters. The zero-order valence-corrected chi connectivity index (χ0v) is 18.9. The van der Waals surface area contributed by atoms with E-state index in [2.05, 4.69) is 15.5 Å². The molecular formula is C24H19FN6O2S. The van der Waals surface area contributed by atoms with Crippen molar-refractivity contribution < 1.29 is 9.13 Å². The Morgan fingerprint density at radius 3 is 2.59 bits per heavy atom. The van der Waals surface area contributed by atoms with Gasteiger partial charge in [-0.15, -0.1) is 5.10 Å². The van der Waals surface area contributed by atoms with Gasteiger partial charge in [0, 0.05) is 0 Å². The fourth-order valence-corrected chi connectivity index (χ4v) is 4.39. The van der Waals surface area contributed by atoms with Crippen LogP contribution >= 0.6 is 11.8 Å². The summed E-state index contributed by atoms with van der Waals surface area (Å²) in [6.45, 7) is 2.42. The van der Waals surface area contributed by atoms with E-state index < -0.39 is 0 Å². The molecular weight excluding hydrogens is 455 g/mol. The Balaban J connectivity index is 1.55. The summed E-state index contributed by atoms with van der Waals surface area (Å²) in [5.74, 6) is 1.07. The van der Waals surface area contributed by atoms with Gasteiger partial charge in [0.1, 0.15) is 23.1 Å². The fraction of sp³-hybridized carbons (Fsp3) is 0.125. The molecule has 170 valence electrons. The lowest BCUT2D eigenvalue weighted by atomic mass is 10.2. The quantitative estimate of drug-likeness (QED) is 0.327. The average Bonchev–Trinajstić information content (AvgIpc) is 3.33. The third-order valence-corrected chi connectivity index (χ3v) is 6.01. The number of benzene rings is 3. The van der Waals surface area contributed by atoms with Crippen LogP contribution in [0.1, 0.15) is 12.7 Å². The highest BCUT2D eigenvalue weighted by atomic mass is 32.2. The first-order valence-corrected chi connectivity index (χ1v) is 11.5. The van der Waals surface area contributed by atoms with E-state index >= 15 is 0 Å². The maximum Gasteiger partial charge on any atom is 0.265 e. The van der Waals surface area contributed by atoms with Crippen LogP contribution in [-0.2, 0) is 5.75 Å². The van der Waals surface area contributed by atoms with E-state index in [9.17, 15) is 9.18 Å². The molecule has 0 radical (unpaired) electrons. The lowest BCUT2D eigenvalue weighted by Gasteiger charge is -2.14. The molecule has 0 fully saturated rings. The Morgan fingerprint density at radius 2 is 1.76 bits per heavy atom.